The SMILES string of the molecule is CC(=O)OB(OC(C)=O)N(/N=C(/N=Nc1ccccc1)c1ccccc1)c1ccccc1. The molecule has 0 atom stereocenters. The third-order valence-corrected chi connectivity index (χ3v) is 4.00. The van der Waals surface area contributed by atoms with Gasteiger partial charge in [0.2, 0.25) is 0 Å². The van der Waals surface area contributed by atoms with Crippen molar-refractivity contribution in [2.45, 2.75) is 13.8 Å². The first-order chi connectivity index (χ1) is 15.5. The van der Waals surface area contributed by atoms with Gasteiger partial charge in [-0.3, -0.25) is 9.59 Å². The summed E-state index contributed by atoms with van der Waals surface area (Å²) in [4.78, 5) is 24.7. The van der Waals surface area contributed by atoms with E-state index in [9.17, 15) is 9.59 Å². The molecule has 0 saturated carbocycles. The minimum Gasteiger partial charge on any atom is -0.479 e. The Kier molecular flexibility index (Phi) is 7.86. The zero-order valence-corrected chi connectivity index (χ0v) is 17.7. The lowest BCUT2D eigenvalue weighted by atomic mass is 10.1. The molecule has 0 spiro atoms. The molecule has 8 nitrogen and oxygen atoms in total. The van der Waals surface area contributed by atoms with Crippen LogP contribution in [0.5, 0.6) is 0 Å². The maximum Gasteiger partial charge on any atom is 0.764 e. The summed E-state index contributed by atoms with van der Waals surface area (Å²) in [5.41, 5.74) is 1.82. The van der Waals surface area contributed by atoms with Gasteiger partial charge >= 0.3 is 7.25 Å². The molecular formula is C23H21BN4O4. The van der Waals surface area contributed by atoms with Gasteiger partial charge < -0.3 is 9.31 Å². The molecule has 0 saturated heterocycles. The summed E-state index contributed by atoms with van der Waals surface area (Å²) in [5.74, 6) is -1.05. The summed E-state index contributed by atoms with van der Waals surface area (Å²) < 4.78 is 10.5. The van der Waals surface area contributed by atoms with Crippen LogP contribution in [0.2, 0.25) is 0 Å². The molecule has 3 aromatic carbocycles. The van der Waals surface area contributed by atoms with Crippen molar-refractivity contribution >= 4 is 36.4 Å². The first-order valence-corrected chi connectivity index (χ1v) is 9.82. The number of hydrogen-bond donors (Lipinski definition) is 0. The van der Waals surface area contributed by atoms with Gasteiger partial charge in [-0.05, 0) is 24.3 Å². The second kappa shape index (κ2) is 11.2. The largest absolute Gasteiger partial charge is 0.764 e. The number of nitrogens with zero attached hydrogens (tertiary/aromatic N) is 4. The van der Waals surface area contributed by atoms with Crippen LogP contribution < -0.4 is 4.92 Å². The quantitative estimate of drug-likeness (QED) is 0.178. The van der Waals surface area contributed by atoms with Gasteiger partial charge in [0.05, 0.1) is 11.4 Å². The summed E-state index contributed by atoms with van der Waals surface area (Å²) in [7, 11) is -1.43. The van der Waals surface area contributed by atoms with Gasteiger partial charge in [0.15, 0.2) is 5.84 Å². The summed E-state index contributed by atoms with van der Waals surface area (Å²) in [5, 5.41) is 13.2. The molecule has 32 heavy (non-hydrogen) atoms. The molecule has 0 unspecified atom stereocenters. The highest BCUT2D eigenvalue weighted by atomic mass is 16.7. The Morgan fingerprint density at radius 3 is 1.78 bits per heavy atom. The minimum absolute atomic E-state index is 0.225. The third kappa shape index (κ3) is 6.63. The Hall–Kier alpha value is -4.27. The van der Waals surface area contributed by atoms with Crippen molar-refractivity contribution in [3.63, 3.8) is 0 Å². The van der Waals surface area contributed by atoms with Gasteiger partial charge in [0.1, 0.15) is 0 Å². The fraction of sp³-hybridized carbons (Fsp3) is 0.0870. The van der Waals surface area contributed by atoms with Gasteiger partial charge in [0.25, 0.3) is 11.9 Å². The van der Waals surface area contributed by atoms with Crippen LogP contribution in [0.25, 0.3) is 0 Å². The molecule has 0 amide bonds. The molecule has 3 rings (SSSR count). The van der Waals surface area contributed by atoms with Gasteiger partial charge in [0, 0.05) is 19.4 Å². The zero-order chi connectivity index (χ0) is 22.8. The molecule has 0 radical (unpaired) electrons. The molecule has 0 bridgehead atoms. The summed E-state index contributed by atoms with van der Waals surface area (Å²) in [6.07, 6.45) is 0. The normalized spacial score (nSPS) is 11.1. The van der Waals surface area contributed by atoms with Gasteiger partial charge in [-0.1, -0.05) is 66.7 Å². The van der Waals surface area contributed by atoms with Crippen molar-refractivity contribution in [1.82, 2.24) is 0 Å². The molecule has 9 heteroatoms. The Balaban J connectivity index is 2.11. The Bertz CT molecular complexity index is 1080. The fourth-order valence-corrected chi connectivity index (χ4v) is 2.64. The van der Waals surface area contributed by atoms with E-state index < -0.39 is 19.2 Å². The molecule has 0 aliphatic carbocycles. The number of anilines is 1. The van der Waals surface area contributed by atoms with E-state index >= 15 is 0 Å². The van der Waals surface area contributed by atoms with Crippen LogP contribution in [0.15, 0.2) is 106 Å². The lowest BCUT2D eigenvalue weighted by molar-refractivity contribution is -0.137. The topological polar surface area (TPSA) is 92.9 Å². The lowest BCUT2D eigenvalue weighted by Gasteiger charge is -2.23. The van der Waals surface area contributed by atoms with E-state index in [2.05, 4.69) is 15.3 Å². The Morgan fingerprint density at radius 2 is 1.25 bits per heavy atom. The number of rotatable bonds is 7. The van der Waals surface area contributed by atoms with Crippen molar-refractivity contribution in [2.75, 3.05) is 4.92 Å². The molecule has 0 aromatic heterocycles. The number of amidine groups is 1. The van der Waals surface area contributed by atoms with E-state index in [1.165, 1.54) is 18.8 Å². The molecule has 160 valence electrons. The standard InChI is InChI=1S/C23H21BN4O4/c1-18(29)31-24(32-19(2)30)28(22-16-10-5-11-17-22)27-23(20-12-6-3-7-13-20)26-25-21-14-8-4-9-15-21/h3-17H,1-2H3/b26-25?,27-23+. The van der Waals surface area contributed by atoms with E-state index in [1.807, 2.05) is 66.7 Å². The number of benzene rings is 3. The van der Waals surface area contributed by atoms with Gasteiger partial charge in [-0.2, -0.15) is 5.10 Å². The summed E-state index contributed by atoms with van der Waals surface area (Å²) in [6.45, 7) is 2.44. The molecule has 0 aliphatic heterocycles. The molecule has 0 fully saturated rings. The third-order valence-electron chi connectivity index (χ3n) is 4.00. The predicted molar refractivity (Wildman–Crippen MR) is 122 cm³/mol. The van der Waals surface area contributed by atoms with Crippen molar-refractivity contribution < 1.29 is 18.9 Å². The second-order valence-electron chi connectivity index (χ2n) is 6.53. The molecular weight excluding hydrogens is 407 g/mol. The molecule has 0 heterocycles. The number of hydrogen-bond acceptors (Lipinski definition) is 7. The van der Waals surface area contributed by atoms with E-state index in [0.717, 1.165) is 0 Å². The average molecular weight is 428 g/mol. The number of para-hydroxylation sites is 1. The highest BCUT2D eigenvalue weighted by molar-refractivity contribution is 6.53. The van der Waals surface area contributed by atoms with Crippen LogP contribution in [0, 0.1) is 0 Å². The minimum atomic E-state index is -1.43. The van der Waals surface area contributed by atoms with E-state index in [-0.39, 0.29) is 5.84 Å². The first-order valence-electron chi connectivity index (χ1n) is 9.82. The maximum absolute atomic E-state index is 11.7. The number of azo groups is 1. The number of carbonyl (C=O) groups is 2. The smallest absolute Gasteiger partial charge is 0.479 e. The highest BCUT2D eigenvalue weighted by Crippen LogP contribution is 2.20. The summed E-state index contributed by atoms with van der Waals surface area (Å²) in [6, 6.07) is 27.2. The van der Waals surface area contributed by atoms with Gasteiger partial charge in [-0.25, -0.2) is 4.92 Å². The van der Waals surface area contributed by atoms with Crippen LogP contribution in [0.1, 0.15) is 19.4 Å². The van der Waals surface area contributed by atoms with E-state index in [4.69, 9.17) is 9.31 Å². The van der Waals surface area contributed by atoms with Crippen molar-refractivity contribution in [2.24, 2.45) is 15.3 Å². The van der Waals surface area contributed by atoms with Gasteiger partial charge in [-0.15, -0.1) is 10.2 Å². The highest BCUT2D eigenvalue weighted by Gasteiger charge is 2.37. The van der Waals surface area contributed by atoms with Crippen LogP contribution in [0.3, 0.4) is 0 Å². The van der Waals surface area contributed by atoms with E-state index in [0.29, 0.717) is 16.9 Å². The van der Waals surface area contributed by atoms with Crippen molar-refractivity contribution in [3.05, 3.63) is 96.6 Å². The van der Waals surface area contributed by atoms with Crippen LogP contribution in [-0.4, -0.2) is 25.0 Å². The van der Waals surface area contributed by atoms with Crippen molar-refractivity contribution in [3.8, 4) is 0 Å². The zero-order valence-electron chi connectivity index (χ0n) is 17.7. The predicted octanol–water partition coefficient (Wildman–Crippen LogP) is 4.75. The fourth-order valence-electron chi connectivity index (χ4n) is 2.64. The van der Waals surface area contributed by atoms with Crippen LogP contribution >= 0.6 is 0 Å². The van der Waals surface area contributed by atoms with Crippen molar-refractivity contribution in [1.29, 1.82) is 0 Å². The second-order valence-corrected chi connectivity index (χ2v) is 6.53. The number of carbonyl (C=O) groups excluding carboxylic acids is 2. The molecule has 3 aromatic rings. The maximum atomic E-state index is 11.7. The molecule has 0 aliphatic rings. The Morgan fingerprint density at radius 1 is 0.750 bits per heavy atom. The Labute approximate surface area is 186 Å². The lowest BCUT2D eigenvalue weighted by Crippen LogP contribution is -2.44. The average Bonchev–Trinajstić information content (AvgIpc) is 2.80. The molecule has 0 N–H and O–H groups in total. The van der Waals surface area contributed by atoms with Crippen LogP contribution in [0.4, 0.5) is 11.4 Å². The number of hydrazone groups is 1. The first kappa shape index (κ1) is 22.4. The van der Waals surface area contributed by atoms with Crippen LogP contribution in [-0.2, 0) is 18.9 Å². The summed E-state index contributed by atoms with van der Waals surface area (Å²) >= 11 is 0. The van der Waals surface area contributed by atoms with E-state index in [1.54, 1.807) is 24.3 Å². The monoisotopic (exact) mass is 428 g/mol.